The van der Waals surface area contributed by atoms with Crippen molar-refractivity contribution in [1.29, 1.82) is 0 Å². The lowest BCUT2D eigenvalue weighted by atomic mass is 9.66. The highest BCUT2D eigenvalue weighted by atomic mass is 35.5. The van der Waals surface area contributed by atoms with Crippen LogP contribution in [-0.4, -0.2) is 0 Å². The topological polar surface area (TPSA) is 0 Å². The van der Waals surface area contributed by atoms with Crippen LogP contribution >= 0.6 is 23.2 Å². The number of halogens is 3. The van der Waals surface area contributed by atoms with E-state index >= 15 is 0 Å². The highest BCUT2D eigenvalue weighted by Crippen LogP contribution is 2.50. The third-order valence-electron chi connectivity index (χ3n) is 4.52. The summed E-state index contributed by atoms with van der Waals surface area (Å²) < 4.78 is 13.5. The molecule has 2 atom stereocenters. The lowest BCUT2D eigenvalue weighted by molar-refractivity contribution is 0.133. The third kappa shape index (κ3) is 3.08. The van der Waals surface area contributed by atoms with Crippen LogP contribution in [0.25, 0.3) is 0 Å². The molecular weight excluding hydrogens is 282 g/mol. The molecule has 106 valence electrons. The summed E-state index contributed by atoms with van der Waals surface area (Å²) in [5.41, 5.74) is 1.71. The molecule has 0 nitrogen and oxygen atoms in total. The van der Waals surface area contributed by atoms with Gasteiger partial charge in [-0.25, -0.2) is 4.39 Å². The molecule has 1 aromatic rings. The zero-order valence-corrected chi connectivity index (χ0v) is 13.3. The monoisotopic (exact) mass is 302 g/mol. The molecule has 0 heterocycles. The predicted octanol–water partition coefficient (Wildman–Crippen LogP) is 6.28. The molecule has 1 saturated carbocycles. The number of alkyl halides is 1. The molecule has 0 N–H and O–H groups in total. The third-order valence-corrected chi connectivity index (χ3v) is 5.38. The zero-order chi connectivity index (χ0) is 14.2. The normalized spacial score (nSPS) is 24.2. The molecule has 1 aliphatic rings. The van der Waals surface area contributed by atoms with E-state index in [9.17, 15) is 4.39 Å². The van der Waals surface area contributed by atoms with Gasteiger partial charge in [-0.2, -0.15) is 0 Å². The molecule has 0 radical (unpaired) electrons. The minimum Gasteiger partial charge on any atom is -0.207 e. The number of hydrogen-bond acceptors (Lipinski definition) is 0. The van der Waals surface area contributed by atoms with Crippen molar-refractivity contribution in [2.45, 2.75) is 51.8 Å². The second-order valence-electron chi connectivity index (χ2n) is 6.37. The van der Waals surface area contributed by atoms with E-state index in [0.29, 0.717) is 16.5 Å². The van der Waals surface area contributed by atoms with E-state index in [1.54, 1.807) is 13.0 Å². The Morgan fingerprint density at radius 1 is 1.32 bits per heavy atom. The summed E-state index contributed by atoms with van der Waals surface area (Å²) in [5, 5.41) is 0.312. The fourth-order valence-electron chi connectivity index (χ4n) is 3.17. The Bertz CT molecular complexity index is 468. The van der Waals surface area contributed by atoms with Gasteiger partial charge in [0.25, 0.3) is 0 Å². The molecule has 2 unspecified atom stereocenters. The molecule has 19 heavy (non-hydrogen) atoms. The molecule has 0 saturated heterocycles. The van der Waals surface area contributed by atoms with Crippen LogP contribution in [0, 0.1) is 24.1 Å². The summed E-state index contributed by atoms with van der Waals surface area (Å²) in [6.07, 6.45) is 4.80. The first-order valence-electron chi connectivity index (χ1n) is 6.92. The summed E-state index contributed by atoms with van der Waals surface area (Å²) in [6, 6.07) is 3.19. The van der Waals surface area contributed by atoms with E-state index < -0.39 is 0 Å². The highest BCUT2D eigenvalue weighted by molar-refractivity contribution is 6.32. The van der Waals surface area contributed by atoms with E-state index in [2.05, 4.69) is 13.8 Å². The molecular formula is C16H21Cl2F. The zero-order valence-electron chi connectivity index (χ0n) is 11.8. The maximum Gasteiger partial charge on any atom is 0.127 e. The second-order valence-corrected chi connectivity index (χ2v) is 7.24. The van der Waals surface area contributed by atoms with Gasteiger partial charge in [-0.3, -0.25) is 0 Å². The van der Waals surface area contributed by atoms with Crippen LogP contribution in [0.3, 0.4) is 0 Å². The van der Waals surface area contributed by atoms with E-state index in [-0.39, 0.29) is 16.6 Å². The van der Waals surface area contributed by atoms with Gasteiger partial charge >= 0.3 is 0 Å². The standard InChI is InChI=1S/C16H21Cl2F/c1-10-8-11(13(17)9-14(10)19)15(18)12-6-4-5-7-16(12,2)3/h8-9,12,15H,4-7H2,1-3H3. The predicted molar refractivity (Wildman–Crippen MR) is 80.5 cm³/mol. The fraction of sp³-hybridized carbons (Fsp3) is 0.625. The lowest BCUT2D eigenvalue weighted by Crippen LogP contribution is -2.31. The average molecular weight is 303 g/mol. The summed E-state index contributed by atoms with van der Waals surface area (Å²) in [6.45, 7) is 6.30. The Labute approximate surface area is 125 Å². The van der Waals surface area contributed by atoms with E-state index in [1.807, 2.05) is 0 Å². The van der Waals surface area contributed by atoms with Crippen molar-refractivity contribution in [3.8, 4) is 0 Å². The maximum atomic E-state index is 13.5. The summed E-state index contributed by atoms with van der Waals surface area (Å²) >= 11 is 12.9. The fourth-order valence-corrected chi connectivity index (χ4v) is 4.14. The maximum absolute atomic E-state index is 13.5. The Morgan fingerprint density at radius 2 is 2.00 bits per heavy atom. The number of hydrogen-bond donors (Lipinski definition) is 0. The molecule has 0 spiro atoms. The van der Waals surface area contributed by atoms with E-state index in [0.717, 1.165) is 12.0 Å². The van der Waals surface area contributed by atoms with Crippen molar-refractivity contribution in [2.24, 2.45) is 11.3 Å². The first-order valence-corrected chi connectivity index (χ1v) is 7.74. The molecule has 2 rings (SSSR count). The Balaban J connectivity index is 2.33. The quantitative estimate of drug-likeness (QED) is 0.564. The highest BCUT2D eigenvalue weighted by Gasteiger charge is 2.38. The lowest BCUT2D eigenvalue weighted by Gasteiger charge is -2.41. The van der Waals surface area contributed by atoms with Crippen molar-refractivity contribution in [3.05, 3.63) is 34.1 Å². The molecule has 0 aliphatic heterocycles. The summed E-state index contributed by atoms with van der Waals surface area (Å²) in [5.74, 6) is 0.130. The van der Waals surface area contributed by atoms with Gasteiger partial charge in [0.15, 0.2) is 0 Å². The van der Waals surface area contributed by atoms with Crippen LogP contribution in [0.2, 0.25) is 5.02 Å². The van der Waals surface area contributed by atoms with Gasteiger partial charge in [-0.15, -0.1) is 11.6 Å². The van der Waals surface area contributed by atoms with Gasteiger partial charge in [-0.1, -0.05) is 44.4 Å². The Morgan fingerprint density at radius 3 is 2.63 bits per heavy atom. The van der Waals surface area contributed by atoms with Crippen LogP contribution in [0.5, 0.6) is 0 Å². The van der Waals surface area contributed by atoms with Gasteiger partial charge in [-0.05, 0) is 48.3 Å². The number of aryl methyl sites for hydroxylation is 1. The van der Waals surface area contributed by atoms with Crippen LogP contribution in [0.4, 0.5) is 4.39 Å². The van der Waals surface area contributed by atoms with Crippen molar-refractivity contribution in [3.63, 3.8) is 0 Å². The molecule has 3 heteroatoms. The SMILES string of the molecule is Cc1cc(C(Cl)C2CCCCC2(C)C)c(Cl)cc1F. The van der Waals surface area contributed by atoms with Gasteiger partial charge in [0.2, 0.25) is 0 Å². The molecule has 0 aromatic heterocycles. The minimum absolute atomic E-state index is 0.137. The molecule has 0 bridgehead atoms. The van der Waals surface area contributed by atoms with Gasteiger partial charge in [0, 0.05) is 5.02 Å². The molecule has 0 amide bonds. The largest absolute Gasteiger partial charge is 0.207 e. The minimum atomic E-state index is -0.263. The van der Waals surface area contributed by atoms with Crippen molar-refractivity contribution in [2.75, 3.05) is 0 Å². The molecule has 1 aliphatic carbocycles. The first-order chi connectivity index (χ1) is 8.83. The Hall–Kier alpha value is -0.270. The van der Waals surface area contributed by atoms with E-state index in [1.165, 1.54) is 25.3 Å². The van der Waals surface area contributed by atoms with Crippen molar-refractivity contribution in [1.82, 2.24) is 0 Å². The van der Waals surface area contributed by atoms with Crippen LogP contribution < -0.4 is 0 Å². The number of benzene rings is 1. The molecule has 1 fully saturated rings. The van der Waals surface area contributed by atoms with Crippen LogP contribution in [0.1, 0.15) is 56.0 Å². The molecule has 1 aromatic carbocycles. The van der Waals surface area contributed by atoms with E-state index in [4.69, 9.17) is 23.2 Å². The first kappa shape index (κ1) is 15.1. The van der Waals surface area contributed by atoms with Gasteiger partial charge in [0.05, 0.1) is 5.38 Å². The average Bonchev–Trinajstić information content (AvgIpc) is 2.32. The Kier molecular flexibility index (Phi) is 4.47. The second kappa shape index (κ2) is 5.61. The number of rotatable bonds is 2. The van der Waals surface area contributed by atoms with Crippen LogP contribution in [-0.2, 0) is 0 Å². The van der Waals surface area contributed by atoms with Crippen molar-refractivity contribution >= 4 is 23.2 Å². The summed E-state index contributed by atoms with van der Waals surface area (Å²) in [4.78, 5) is 0. The van der Waals surface area contributed by atoms with Gasteiger partial charge in [0.1, 0.15) is 5.82 Å². The van der Waals surface area contributed by atoms with Crippen molar-refractivity contribution < 1.29 is 4.39 Å². The smallest absolute Gasteiger partial charge is 0.127 e. The summed E-state index contributed by atoms with van der Waals surface area (Å²) in [7, 11) is 0. The van der Waals surface area contributed by atoms with Crippen LogP contribution in [0.15, 0.2) is 12.1 Å². The van der Waals surface area contributed by atoms with Gasteiger partial charge < -0.3 is 0 Å².